The van der Waals surface area contributed by atoms with Gasteiger partial charge in [0.05, 0.1) is 17.9 Å². The summed E-state index contributed by atoms with van der Waals surface area (Å²) in [6.07, 6.45) is 4.97. The van der Waals surface area contributed by atoms with Crippen LogP contribution >= 0.6 is 0 Å². The highest BCUT2D eigenvalue weighted by Gasteiger charge is 2.14. The van der Waals surface area contributed by atoms with Gasteiger partial charge in [-0.3, -0.25) is 9.59 Å². The smallest absolute Gasteiger partial charge is 0.253 e. The van der Waals surface area contributed by atoms with Crippen LogP contribution in [0.1, 0.15) is 36.0 Å². The van der Waals surface area contributed by atoms with Crippen molar-refractivity contribution in [3.63, 3.8) is 0 Å². The van der Waals surface area contributed by atoms with Gasteiger partial charge in [-0.2, -0.15) is 0 Å². The number of rotatable bonds is 6. The average molecular weight is 395 g/mol. The normalized spacial score (nSPS) is 14.1. The Kier molecular flexibility index (Phi) is 7.11. The first-order valence-corrected chi connectivity index (χ1v) is 10.2. The van der Waals surface area contributed by atoms with Crippen LogP contribution in [0.25, 0.3) is 0 Å². The summed E-state index contributed by atoms with van der Waals surface area (Å²) in [5, 5.41) is 6.15. The summed E-state index contributed by atoms with van der Waals surface area (Å²) in [6.45, 7) is 2.27. The highest BCUT2D eigenvalue weighted by molar-refractivity contribution is 5.98. The summed E-state index contributed by atoms with van der Waals surface area (Å²) in [4.78, 5) is 28.5. The SMILES string of the molecule is CN(C)C(=O)c1cccc(NC(=O)CNc2ccccc2N2CCCCCC2)c1. The quantitative estimate of drug-likeness (QED) is 0.782. The Morgan fingerprint density at radius 2 is 1.69 bits per heavy atom. The summed E-state index contributed by atoms with van der Waals surface area (Å²) in [5.74, 6) is -0.240. The van der Waals surface area contributed by atoms with Gasteiger partial charge in [0, 0.05) is 38.4 Å². The van der Waals surface area contributed by atoms with Crippen molar-refractivity contribution < 1.29 is 9.59 Å². The lowest BCUT2D eigenvalue weighted by molar-refractivity contribution is -0.114. The number of carbonyl (C=O) groups is 2. The lowest BCUT2D eigenvalue weighted by Crippen LogP contribution is -2.27. The molecule has 1 heterocycles. The summed E-state index contributed by atoms with van der Waals surface area (Å²) in [5.41, 5.74) is 3.29. The molecule has 0 spiro atoms. The first kappa shape index (κ1) is 20.7. The Labute approximate surface area is 172 Å². The first-order chi connectivity index (χ1) is 14.0. The molecule has 1 saturated heterocycles. The largest absolute Gasteiger partial charge is 0.374 e. The molecule has 0 aromatic heterocycles. The van der Waals surface area contributed by atoms with E-state index in [9.17, 15) is 9.59 Å². The van der Waals surface area contributed by atoms with Crippen molar-refractivity contribution in [2.45, 2.75) is 25.7 Å². The number of anilines is 3. The Hall–Kier alpha value is -3.02. The van der Waals surface area contributed by atoms with E-state index < -0.39 is 0 Å². The van der Waals surface area contributed by atoms with Gasteiger partial charge in [-0.1, -0.05) is 31.0 Å². The maximum atomic E-state index is 12.5. The third kappa shape index (κ3) is 5.73. The number of nitrogens with one attached hydrogen (secondary N) is 2. The number of nitrogens with zero attached hydrogens (tertiary/aromatic N) is 2. The van der Waals surface area contributed by atoms with Gasteiger partial charge in [0.2, 0.25) is 5.91 Å². The minimum absolute atomic E-state index is 0.0920. The van der Waals surface area contributed by atoms with Crippen molar-refractivity contribution in [3.05, 3.63) is 54.1 Å². The van der Waals surface area contributed by atoms with Gasteiger partial charge < -0.3 is 20.4 Å². The molecule has 6 nitrogen and oxygen atoms in total. The Morgan fingerprint density at radius 1 is 0.966 bits per heavy atom. The van der Waals surface area contributed by atoms with E-state index in [1.165, 1.54) is 30.6 Å². The van der Waals surface area contributed by atoms with Crippen molar-refractivity contribution >= 4 is 28.9 Å². The molecule has 1 fully saturated rings. The van der Waals surface area contributed by atoms with Crippen LogP contribution in [0.5, 0.6) is 0 Å². The molecule has 2 aromatic rings. The van der Waals surface area contributed by atoms with Crippen molar-refractivity contribution in [1.82, 2.24) is 4.90 Å². The van der Waals surface area contributed by atoms with E-state index in [1.54, 1.807) is 38.4 Å². The molecule has 0 atom stereocenters. The van der Waals surface area contributed by atoms with E-state index in [4.69, 9.17) is 0 Å². The fourth-order valence-corrected chi connectivity index (χ4v) is 3.58. The van der Waals surface area contributed by atoms with Crippen LogP contribution < -0.4 is 15.5 Å². The fraction of sp³-hybridized carbons (Fsp3) is 0.391. The lowest BCUT2D eigenvalue weighted by atomic mass is 10.2. The Morgan fingerprint density at radius 3 is 2.41 bits per heavy atom. The van der Waals surface area contributed by atoms with E-state index in [0.717, 1.165) is 24.5 Å². The second-order valence-corrected chi connectivity index (χ2v) is 7.60. The molecule has 1 aliphatic heterocycles. The molecular formula is C23H30N4O2. The predicted octanol–water partition coefficient (Wildman–Crippen LogP) is 3.82. The number of para-hydroxylation sites is 2. The molecule has 0 bridgehead atoms. The van der Waals surface area contributed by atoms with Crippen molar-refractivity contribution in [1.29, 1.82) is 0 Å². The third-order valence-electron chi connectivity index (χ3n) is 5.09. The van der Waals surface area contributed by atoms with Gasteiger partial charge >= 0.3 is 0 Å². The molecule has 0 saturated carbocycles. The maximum Gasteiger partial charge on any atom is 0.253 e. The summed E-state index contributed by atoms with van der Waals surface area (Å²) < 4.78 is 0. The van der Waals surface area contributed by atoms with Crippen molar-refractivity contribution in [3.8, 4) is 0 Å². The zero-order valence-electron chi connectivity index (χ0n) is 17.3. The van der Waals surface area contributed by atoms with Gasteiger partial charge in [-0.25, -0.2) is 0 Å². The van der Waals surface area contributed by atoms with E-state index >= 15 is 0 Å². The zero-order chi connectivity index (χ0) is 20.6. The number of benzene rings is 2. The van der Waals surface area contributed by atoms with Gasteiger partial charge in [-0.15, -0.1) is 0 Å². The number of hydrogen-bond acceptors (Lipinski definition) is 4. The molecule has 2 aromatic carbocycles. The number of carbonyl (C=O) groups excluding carboxylic acids is 2. The van der Waals surface area contributed by atoms with Crippen LogP contribution in [0.15, 0.2) is 48.5 Å². The number of hydrogen-bond donors (Lipinski definition) is 2. The predicted molar refractivity (Wildman–Crippen MR) is 119 cm³/mol. The molecule has 3 rings (SSSR count). The third-order valence-corrected chi connectivity index (χ3v) is 5.09. The minimum Gasteiger partial charge on any atom is -0.374 e. The van der Waals surface area contributed by atoms with Crippen molar-refractivity contribution in [2.75, 3.05) is 49.3 Å². The zero-order valence-corrected chi connectivity index (χ0v) is 17.3. The van der Waals surface area contributed by atoms with Crippen LogP contribution in [0.3, 0.4) is 0 Å². The highest BCUT2D eigenvalue weighted by atomic mass is 16.2. The molecule has 0 unspecified atom stereocenters. The fourth-order valence-electron chi connectivity index (χ4n) is 3.58. The standard InChI is InChI=1S/C23H30N4O2/c1-26(2)23(29)18-10-9-11-19(16-18)25-22(28)17-24-20-12-5-6-13-21(20)27-14-7-3-4-8-15-27/h5-6,9-13,16,24H,3-4,7-8,14-15,17H2,1-2H3,(H,25,28). The molecule has 154 valence electrons. The molecule has 0 radical (unpaired) electrons. The molecule has 2 amide bonds. The van der Waals surface area contributed by atoms with Gasteiger partial charge in [0.25, 0.3) is 5.91 Å². The van der Waals surface area contributed by atoms with Gasteiger partial charge in [0.1, 0.15) is 0 Å². The highest BCUT2D eigenvalue weighted by Crippen LogP contribution is 2.27. The van der Waals surface area contributed by atoms with E-state index in [1.807, 2.05) is 18.2 Å². The second-order valence-electron chi connectivity index (χ2n) is 7.60. The van der Waals surface area contributed by atoms with E-state index in [2.05, 4.69) is 21.6 Å². The molecule has 1 aliphatic rings. The number of amides is 2. The monoisotopic (exact) mass is 394 g/mol. The van der Waals surface area contributed by atoms with Crippen LogP contribution in [0.2, 0.25) is 0 Å². The molecular weight excluding hydrogens is 364 g/mol. The van der Waals surface area contributed by atoms with E-state index in [0.29, 0.717) is 11.3 Å². The average Bonchev–Trinajstić information content (AvgIpc) is 3.01. The van der Waals surface area contributed by atoms with Crippen LogP contribution in [-0.2, 0) is 4.79 Å². The van der Waals surface area contributed by atoms with Crippen LogP contribution in [0.4, 0.5) is 17.1 Å². The summed E-state index contributed by atoms with van der Waals surface area (Å²) >= 11 is 0. The Balaban J connectivity index is 1.61. The summed E-state index contributed by atoms with van der Waals surface area (Å²) in [7, 11) is 3.42. The van der Waals surface area contributed by atoms with E-state index in [-0.39, 0.29) is 18.4 Å². The molecule has 2 N–H and O–H groups in total. The van der Waals surface area contributed by atoms with Crippen molar-refractivity contribution in [2.24, 2.45) is 0 Å². The van der Waals surface area contributed by atoms with Crippen LogP contribution in [-0.4, -0.2) is 50.4 Å². The molecule has 29 heavy (non-hydrogen) atoms. The first-order valence-electron chi connectivity index (χ1n) is 10.2. The maximum absolute atomic E-state index is 12.5. The lowest BCUT2D eigenvalue weighted by Gasteiger charge is -2.25. The summed E-state index contributed by atoms with van der Waals surface area (Å²) in [6, 6.07) is 15.2. The Bertz CT molecular complexity index is 842. The minimum atomic E-state index is -0.148. The topological polar surface area (TPSA) is 64.7 Å². The van der Waals surface area contributed by atoms with Gasteiger partial charge in [0.15, 0.2) is 0 Å². The molecule has 0 aliphatic carbocycles. The van der Waals surface area contributed by atoms with Crippen LogP contribution in [0, 0.1) is 0 Å². The second kappa shape index (κ2) is 9.96. The van der Waals surface area contributed by atoms with Gasteiger partial charge in [-0.05, 0) is 43.2 Å². The molecule has 6 heteroatoms.